The molecular weight excluding hydrogens is 686 g/mol. The monoisotopic (exact) mass is 753 g/mol. The van der Waals surface area contributed by atoms with Gasteiger partial charge in [0.2, 0.25) is 5.91 Å². The first-order valence-corrected chi connectivity index (χ1v) is 19.8. The summed E-state index contributed by atoms with van der Waals surface area (Å²) in [7, 11) is 0. The molecule has 0 bridgehead atoms. The number of likely N-dealkylation sites (tertiary alicyclic amines) is 1. The SMILES string of the molecule is CCOC[C@H](CC(=O)[C@@H]1CN(C(=O)OC(C)(C)C)C[C@H](C(=O)N(CC(C)C)c2cc(OCCCOCc3ccccc3)c(C(C)C)cn2)[C@@H]1O)CC(C)C. The number of benzene rings is 1. The molecule has 2 amide bonds. The van der Waals surface area contributed by atoms with Gasteiger partial charge in [0.05, 0.1) is 37.8 Å². The standard InChI is InChI=1S/C43H67N3O8/c1-11-51-28-33(20-29(2)3)21-37(47)35-25-45(42(50)54-43(8,9)10)26-36(40(35)48)41(49)46(24-30(4)5)39-22-38(34(23-44-39)31(6)7)53-19-15-18-52-27-32-16-13-12-14-17-32/h12-14,16-17,22-23,29-31,33,35-36,40,48H,11,15,18-21,24-28H2,1-10H3/t33-,35-,36-,40+/m0/s1. The molecule has 1 aliphatic rings. The Morgan fingerprint density at radius 2 is 1.65 bits per heavy atom. The minimum atomic E-state index is -1.31. The van der Waals surface area contributed by atoms with Crippen molar-refractivity contribution in [3.8, 4) is 5.75 Å². The summed E-state index contributed by atoms with van der Waals surface area (Å²) in [5, 5.41) is 11.9. The molecule has 0 radical (unpaired) electrons. The summed E-state index contributed by atoms with van der Waals surface area (Å²) in [6, 6.07) is 11.8. The number of Topliss-reactive ketones (excluding diaryl/α,β-unsaturated/α-hetero) is 1. The van der Waals surface area contributed by atoms with Crippen LogP contribution in [0.25, 0.3) is 0 Å². The molecule has 2 aromatic rings. The number of amides is 2. The molecule has 11 heteroatoms. The van der Waals surface area contributed by atoms with Crippen molar-refractivity contribution >= 4 is 23.6 Å². The van der Waals surface area contributed by atoms with E-state index >= 15 is 0 Å². The molecule has 1 saturated heterocycles. The molecule has 0 saturated carbocycles. The zero-order chi connectivity index (χ0) is 40.0. The number of pyridine rings is 1. The highest BCUT2D eigenvalue weighted by molar-refractivity contribution is 5.96. The lowest BCUT2D eigenvalue weighted by Crippen LogP contribution is -2.59. The maximum Gasteiger partial charge on any atom is 0.410 e. The van der Waals surface area contributed by atoms with Crippen LogP contribution in [0.2, 0.25) is 0 Å². The lowest BCUT2D eigenvalue weighted by Gasteiger charge is -2.42. The number of rotatable bonds is 20. The third kappa shape index (κ3) is 14.3. The van der Waals surface area contributed by atoms with Gasteiger partial charge in [-0.1, -0.05) is 71.9 Å². The number of aromatic nitrogens is 1. The number of anilines is 1. The summed E-state index contributed by atoms with van der Waals surface area (Å²) < 4.78 is 23.6. The van der Waals surface area contributed by atoms with E-state index in [1.54, 1.807) is 37.9 Å². The van der Waals surface area contributed by atoms with E-state index in [2.05, 4.69) is 27.7 Å². The highest BCUT2D eigenvalue weighted by Crippen LogP contribution is 2.34. The molecule has 11 nitrogen and oxygen atoms in total. The van der Waals surface area contributed by atoms with Crippen molar-refractivity contribution in [2.45, 2.75) is 113 Å². The van der Waals surface area contributed by atoms with Gasteiger partial charge < -0.3 is 29.0 Å². The normalized spacial score (nSPS) is 18.3. The predicted octanol–water partition coefficient (Wildman–Crippen LogP) is 7.68. The smallest absolute Gasteiger partial charge is 0.410 e. The van der Waals surface area contributed by atoms with Crippen molar-refractivity contribution in [3.05, 3.63) is 53.7 Å². The number of aliphatic hydroxyl groups is 1. The van der Waals surface area contributed by atoms with Gasteiger partial charge in [-0.25, -0.2) is 9.78 Å². The number of hydrogen-bond donors (Lipinski definition) is 1. The number of ketones is 1. The van der Waals surface area contributed by atoms with E-state index in [9.17, 15) is 19.5 Å². The number of carbonyl (C=O) groups excluding carboxylic acids is 3. The molecule has 1 fully saturated rings. The number of ether oxygens (including phenoxy) is 4. The summed E-state index contributed by atoms with van der Waals surface area (Å²) in [6.07, 6.45) is 1.42. The second-order valence-corrected chi connectivity index (χ2v) is 16.7. The third-order valence-electron chi connectivity index (χ3n) is 9.29. The highest BCUT2D eigenvalue weighted by atomic mass is 16.6. The number of carbonyl (C=O) groups is 3. The minimum absolute atomic E-state index is 0.0414. The van der Waals surface area contributed by atoms with E-state index < -0.39 is 35.5 Å². The van der Waals surface area contributed by atoms with Crippen LogP contribution in [-0.2, 0) is 30.4 Å². The molecule has 1 aliphatic heterocycles. The second-order valence-electron chi connectivity index (χ2n) is 16.7. The quantitative estimate of drug-likeness (QED) is 0.136. The van der Waals surface area contributed by atoms with E-state index in [0.29, 0.717) is 63.5 Å². The van der Waals surface area contributed by atoms with Crippen molar-refractivity contribution in [2.75, 3.05) is 51.0 Å². The van der Waals surface area contributed by atoms with Crippen LogP contribution in [0.15, 0.2) is 42.6 Å². The largest absolute Gasteiger partial charge is 0.493 e. The number of nitrogens with zero attached hydrogens (tertiary/aromatic N) is 3. The van der Waals surface area contributed by atoms with Crippen molar-refractivity contribution in [3.63, 3.8) is 0 Å². The maximum atomic E-state index is 14.7. The van der Waals surface area contributed by atoms with Crippen molar-refractivity contribution in [2.24, 2.45) is 29.6 Å². The molecule has 0 unspecified atom stereocenters. The van der Waals surface area contributed by atoms with Gasteiger partial charge in [0.25, 0.3) is 0 Å². The Kier molecular flexibility index (Phi) is 17.9. The molecule has 0 aliphatic carbocycles. The van der Waals surface area contributed by atoms with Gasteiger partial charge >= 0.3 is 6.09 Å². The Bertz CT molecular complexity index is 1460. The molecule has 0 spiro atoms. The summed E-state index contributed by atoms with van der Waals surface area (Å²) >= 11 is 0. The minimum Gasteiger partial charge on any atom is -0.493 e. The molecule has 3 rings (SSSR count). The van der Waals surface area contributed by atoms with E-state index in [-0.39, 0.29) is 43.0 Å². The van der Waals surface area contributed by atoms with Crippen LogP contribution in [0.4, 0.5) is 10.6 Å². The summed E-state index contributed by atoms with van der Waals surface area (Å²) in [4.78, 5) is 49.9. The van der Waals surface area contributed by atoms with Crippen molar-refractivity contribution < 1.29 is 38.4 Å². The van der Waals surface area contributed by atoms with Crippen LogP contribution in [0, 0.1) is 29.6 Å². The van der Waals surface area contributed by atoms with Gasteiger partial charge in [0, 0.05) is 63.5 Å². The average Bonchev–Trinajstić information content (AvgIpc) is 3.10. The Hall–Kier alpha value is -3.54. The Morgan fingerprint density at radius 3 is 2.26 bits per heavy atom. The fraction of sp³-hybridized carbons (Fsp3) is 0.674. The van der Waals surface area contributed by atoms with Crippen LogP contribution in [-0.4, -0.2) is 90.5 Å². The molecule has 1 N–H and O–H groups in total. The summed E-state index contributed by atoms with van der Waals surface area (Å²) in [5.41, 5.74) is 1.23. The zero-order valence-electron chi connectivity index (χ0n) is 34.5. The van der Waals surface area contributed by atoms with Gasteiger partial charge in [0.1, 0.15) is 23.0 Å². The fourth-order valence-corrected chi connectivity index (χ4v) is 6.75. The molecule has 302 valence electrons. The molecule has 54 heavy (non-hydrogen) atoms. The van der Waals surface area contributed by atoms with Gasteiger partial charge in [0.15, 0.2) is 0 Å². The van der Waals surface area contributed by atoms with E-state index in [0.717, 1.165) is 17.5 Å². The van der Waals surface area contributed by atoms with E-state index in [4.69, 9.17) is 23.9 Å². The van der Waals surface area contributed by atoms with Gasteiger partial charge in [-0.2, -0.15) is 0 Å². The van der Waals surface area contributed by atoms with Crippen LogP contribution in [0.5, 0.6) is 5.75 Å². The van der Waals surface area contributed by atoms with Crippen LogP contribution in [0.1, 0.15) is 106 Å². The van der Waals surface area contributed by atoms with Crippen LogP contribution >= 0.6 is 0 Å². The van der Waals surface area contributed by atoms with Gasteiger partial charge in [-0.15, -0.1) is 0 Å². The summed E-state index contributed by atoms with van der Waals surface area (Å²) in [6.45, 7) is 22.1. The van der Waals surface area contributed by atoms with Crippen LogP contribution in [0.3, 0.4) is 0 Å². The summed E-state index contributed by atoms with van der Waals surface area (Å²) in [5.74, 6) is -1.23. The van der Waals surface area contributed by atoms with Gasteiger partial charge in [-0.3, -0.25) is 14.5 Å². The third-order valence-corrected chi connectivity index (χ3v) is 9.29. The highest BCUT2D eigenvalue weighted by Gasteiger charge is 2.47. The molecular formula is C43H67N3O8. The first-order chi connectivity index (χ1) is 25.5. The number of hydrogen-bond acceptors (Lipinski definition) is 9. The Morgan fingerprint density at radius 1 is 0.963 bits per heavy atom. The lowest BCUT2D eigenvalue weighted by molar-refractivity contribution is -0.140. The van der Waals surface area contributed by atoms with Gasteiger partial charge in [-0.05, 0) is 63.4 Å². The lowest BCUT2D eigenvalue weighted by atomic mass is 9.79. The van der Waals surface area contributed by atoms with Crippen molar-refractivity contribution in [1.29, 1.82) is 0 Å². The second kappa shape index (κ2) is 21.5. The first kappa shape index (κ1) is 44.9. The molecule has 1 aromatic carbocycles. The fourth-order valence-electron chi connectivity index (χ4n) is 6.75. The molecule has 4 atom stereocenters. The zero-order valence-corrected chi connectivity index (χ0v) is 34.5. The average molecular weight is 754 g/mol. The van der Waals surface area contributed by atoms with Crippen molar-refractivity contribution in [1.82, 2.24) is 9.88 Å². The number of aliphatic hydroxyl groups excluding tert-OH is 1. The maximum absolute atomic E-state index is 14.7. The topological polar surface area (TPSA) is 128 Å². The predicted molar refractivity (Wildman–Crippen MR) is 212 cm³/mol. The molecule has 2 heterocycles. The number of piperidine rings is 1. The Labute approximate surface area is 324 Å². The van der Waals surface area contributed by atoms with E-state index in [1.807, 2.05) is 51.1 Å². The van der Waals surface area contributed by atoms with Crippen LogP contribution < -0.4 is 9.64 Å². The first-order valence-electron chi connectivity index (χ1n) is 19.8. The van der Waals surface area contributed by atoms with E-state index in [1.165, 1.54) is 4.90 Å². The molecule has 1 aromatic heterocycles. The Balaban J connectivity index is 1.89.